The number of hydrogen-bond acceptors (Lipinski definition) is 5. The lowest BCUT2D eigenvalue weighted by Gasteiger charge is -2.12. The monoisotopic (exact) mass is 346 g/mol. The Hall–Kier alpha value is -2.51. The normalized spacial score (nSPS) is 12.1. The second-order valence-corrected chi connectivity index (χ2v) is 6.39. The summed E-state index contributed by atoms with van der Waals surface area (Å²) in [6.07, 6.45) is 0.550. The maximum absolute atomic E-state index is 13.2. The Kier molecular flexibility index (Phi) is 4.73. The zero-order chi connectivity index (χ0) is 17.1. The van der Waals surface area contributed by atoms with Crippen molar-refractivity contribution in [1.29, 1.82) is 0 Å². The zero-order valence-corrected chi connectivity index (χ0v) is 13.6. The van der Waals surface area contributed by atoms with Gasteiger partial charge in [-0.2, -0.15) is 0 Å². The number of aromatic nitrogens is 1. The van der Waals surface area contributed by atoms with Crippen molar-refractivity contribution < 1.29 is 18.7 Å². The number of aryl methyl sites for hydroxylation is 1. The standard InChI is InChI=1S/C17H15FN2O3S/c1-10-15(20-17(24-10)14-6-3-7-23-14)16(22)19-9-13(21)11-4-2-5-12(18)8-11/h2-8,13,21H,9H2,1H3,(H,19,22). The molecule has 0 aliphatic rings. The van der Waals surface area contributed by atoms with E-state index in [1.165, 1.54) is 29.5 Å². The van der Waals surface area contributed by atoms with Gasteiger partial charge in [-0.25, -0.2) is 9.37 Å². The summed E-state index contributed by atoms with van der Waals surface area (Å²) >= 11 is 1.36. The zero-order valence-electron chi connectivity index (χ0n) is 12.8. The second kappa shape index (κ2) is 6.94. The number of carbonyl (C=O) groups is 1. The first-order valence-corrected chi connectivity index (χ1v) is 8.09. The number of benzene rings is 1. The van der Waals surface area contributed by atoms with Crippen LogP contribution >= 0.6 is 11.3 Å². The highest BCUT2D eigenvalue weighted by Gasteiger charge is 2.18. The molecule has 7 heteroatoms. The SMILES string of the molecule is Cc1sc(-c2ccco2)nc1C(=O)NCC(O)c1cccc(F)c1. The first-order chi connectivity index (χ1) is 11.5. The van der Waals surface area contributed by atoms with E-state index in [1.807, 2.05) is 0 Å². The van der Waals surface area contributed by atoms with E-state index >= 15 is 0 Å². The fourth-order valence-corrected chi connectivity index (χ4v) is 3.10. The van der Waals surface area contributed by atoms with Gasteiger partial charge in [-0.1, -0.05) is 12.1 Å². The van der Waals surface area contributed by atoms with E-state index in [9.17, 15) is 14.3 Å². The molecular formula is C17H15FN2O3S. The molecule has 2 N–H and O–H groups in total. The van der Waals surface area contributed by atoms with Crippen molar-refractivity contribution in [2.75, 3.05) is 6.54 Å². The summed E-state index contributed by atoms with van der Waals surface area (Å²) in [5.74, 6) is -0.227. The summed E-state index contributed by atoms with van der Waals surface area (Å²) in [6.45, 7) is 1.76. The van der Waals surface area contributed by atoms with Crippen LogP contribution in [0.5, 0.6) is 0 Å². The highest BCUT2D eigenvalue weighted by Crippen LogP contribution is 2.27. The van der Waals surface area contributed by atoms with Crippen molar-refractivity contribution in [2.24, 2.45) is 0 Å². The van der Waals surface area contributed by atoms with Crippen LogP contribution < -0.4 is 5.32 Å². The van der Waals surface area contributed by atoms with E-state index in [-0.39, 0.29) is 12.2 Å². The Balaban J connectivity index is 1.67. The van der Waals surface area contributed by atoms with E-state index in [4.69, 9.17) is 4.42 Å². The Morgan fingerprint density at radius 1 is 1.42 bits per heavy atom. The summed E-state index contributed by atoms with van der Waals surface area (Å²) in [6, 6.07) is 9.16. The van der Waals surface area contributed by atoms with Gasteiger partial charge in [0.2, 0.25) is 0 Å². The van der Waals surface area contributed by atoms with Crippen molar-refractivity contribution in [3.63, 3.8) is 0 Å². The molecule has 1 amide bonds. The van der Waals surface area contributed by atoms with Crippen molar-refractivity contribution in [1.82, 2.24) is 10.3 Å². The van der Waals surface area contributed by atoms with Gasteiger partial charge in [0, 0.05) is 11.4 Å². The highest BCUT2D eigenvalue weighted by atomic mass is 32.1. The number of furan rings is 1. The van der Waals surface area contributed by atoms with Gasteiger partial charge in [0.25, 0.3) is 5.91 Å². The van der Waals surface area contributed by atoms with Crippen molar-refractivity contribution in [2.45, 2.75) is 13.0 Å². The number of hydrogen-bond donors (Lipinski definition) is 2. The quantitative estimate of drug-likeness (QED) is 0.743. The molecule has 0 bridgehead atoms. The van der Waals surface area contributed by atoms with Gasteiger partial charge in [-0.15, -0.1) is 11.3 Å². The molecule has 3 aromatic rings. The van der Waals surface area contributed by atoms with Gasteiger partial charge in [0.15, 0.2) is 10.8 Å². The van der Waals surface area contributed by atoms with Crippen LogP contribution in [-0.4, -0.2) is 22.5 Å². The molecule has 24 heavy (non-hydrogen) atoms. The van der Waals surface area contributed by atoms with Gasteiger partial charge >= 0.3 is 0 Å². The van der Waals surface area contributed by atoms with E-state index in [2.05, 4.69) is 10.3 Å². The molecule has 0 spiro atoms. The fourth-order valence-electron chi connectivity index (χ4n) is 2.22. The van der Waals surface area contributed by atoms with Crippen LogP contribution in [0.15, 0.2) is 47.1 Å². The van der Waals surface area contributed by atoms with E-state index in [0.29, 0.717) is 16.3 Å². The van der Waals surface area contributed by atoms with Gasteiger partial charge < -0.3 is 14.8 Å². The maximum atomic E-state index is 13.2. The van der Waals surface area contributed by atoms with E-state index < -0.39 is 17.8 Å². The number of rotatable bonds is 5. The third-order valence-electron chi connectivity index (χ3n) is 3.43. The molecule has 1 aromatic carbocycles. The predicted molar refractivity (Wildman–Crippen MR) is 88.2 cm³/mol. The molecule has 0 saturated heterocycles. The minimum absolute atomic E-state index is 0.0324. The third-order valence-corrected chi connectivity index (χ3v) is 4.42. The van der Waals surface area contributed by atoms with Crippen LogP contribution in [0.2, 0.25) is 0 Å². The molecule has 124 valence electrons. The van der Waals surface area contributed by atoms with Crippen LogP contribution in [0, 0.1) is 12.7 Å². The van der Waals surface area contributed by atoms with Gasteiger partial charge in [-0.05, 0) is 36.8 Å². The molecule has 5 nitrogen and oxygen atoms in total. The number of nitrogens with zero attached hydrogens (tertiary/aromatic N) is 1. The molecule has 1 atom stereocenters. The first kappa shape index (κ1) is 16.4. The minimum Gasteiger partial charge on any atom is -0.462 e. The third kappa shape index (κ3) is 3.52. The molecule has 0 aliphatic heterocycles. The predicted octanol–water partition coefficient (Wildman–Crippen LogP) is 3.31. The summed E-state index contributed by atoms with van der Waals surface area (Å²) in [5, 5.41) is 13.3. The van der Waals surface area contributed by atoms with Crippen molar-refractivity contribution in [3.8, 4) is 10.8 Å². The number of halogens is 1. The lowest BCUT2D eigenvalue weighted by Crippen LogP contribution is -2.29. The highest BCUT2D eigenvalue weighted by molar-refractivity contribution is 7.15. The van der Waals surface area contributed by atoms with Crippen molar-refractivity contribution in [3.05, 3.63) is 64.6 Å². The number of carbonyl (C=O) groups excluding carboxylic acids is 1. The van der Waals surface area contributed by atoms with Crippen LogP contribution in [-0.2, 0) is 0 Å². The number of aliphatic hydroxyl groups is 1. The number of amides is 1. The molecule has 0 fully saturated rings. The Morgan fingerprint density at radius 3 is 2.96 bits per heavy atom. The van der Waals surface area contributed by atoms with Crippen LogP contribution in [0.3, 0.4) is 0 Å². The number of thiazole rings is 1. The molecule has 2 aromatic heterocycles. The summed E-state index contributed by atoms with van der Waals surface area (Å²) in [7, 11) is 0. The van der Waals surface area contributed by atoms with Crippen LogP contribution in [0.1, 0.15) is 27.0 Å². The molecule has 2 heterocycles. The molecule has 0 radical (unpaired) electrons. The Labute approximate surface area is 141 Å². The average molecular weight is 346 g/mol. The van der Waals surface area contributed by atoms with Crippen LogP contribution in [0.25, 0.3) is 10.8 Å². The summed E-state index contributed by atoms with van der Waals surface area (Å²) in [5.41, 5.74) is 0.694. The smallest absolute Gasteiger partial charge is 0.271 e. The number of nitrogens with one attached hydrogen (secondary N) is 1. The van der Waals surface area contributed by atoms with Gasteiger partial charge in [0.1, 0.15) is 11.5 Å². The molecular weight excluding hydrogens is 331 g/mol. The molecule has 3 rings (SSSR count). The average Bonchev–Trinajstić information content (AvgIpc) is 3.21. The minimum atomic E-state index is -0.992. The van der Waals surface area contributed by atoms with E-state index in [0.717, 1.165) is 4.88 Å². The Bertz CT molecular complexity index is 845. The maximum Gasteiger partial charge on any atom is 0.271 e. The molecule has 0 aliphatic carbocycles. The van der Waals surface area contributed by atoms with E-state index in [1.54, 1.807) is 31.4 Å². The van der Waals surface area contributed by atoms with Gasteiger partial charge in [-0.3, -0.25) is 4.79 Å². The fraction of sp³-hybridized carbons (Fsp3) is 0.176. The summed E-state index contributed by atoms with van der Waals surface area (Å²) < 4.78 is 18.4. The van der Waals surface area contributed by atoms with Gasteiger partial charge in [0.05, 0.1) is 12.4 Å². The number of aliphatic hydroxyl groups excluding tert-OH is 1. The van der Waals surface area contributed by atoms with Crippen LogP contribution in [0.4, 0.5) is 4.39 Å². The summed E-state index contributed by atoms with van der Waals surface area (Å²) in [4.78, 5) is 17.3. The lowest BCUT2D eigenvalue weighted by molar-refractivity contribution is 0.0911. The van der Waals surface area contributed by atoms with Crippen molar-refractivity contribution >= 4 is 17.2 Å². The Morgan fingerprint density at radius 2 is 2.25 bits per heavy atom. The largest absolute Gasteiger partial charge is 0.462 e. The lowest BCUT2D eigenvalue weighted by atomic mass is 10.1. The topological polar surface area (TPSA) is 75.4 Å². The first-order valence-electron chi connectivity index (χ1n) is 7.27. The molecule has 0 saturated carbocycles. The second-order valence-electron chi connectivity index (χ2n) is 5.18. The molecule has 1 unspecified atom stereocenters.